The molecular formula is C17H18FNO4. The van der Waals surface area contributed by atoms with Gasteiger partial charge in [0.2, 0.25) is 6.79 Å². The lowest BCUT2D eigenvalue weighted by molar-refractivity contribution is 0.106. The van der Waals surface area contributed by atoms with Crippen molar-refractivity contribution in [2.45, 2.75) is 12.6 Å². The lowest BCUT2D eigenvalue weighted by atomic mass is 10.2. The van der Waals surface area contributed by atoms with Crippen molar-refractivity contribution in [3.05, 3.63) is 53.8 Å². The van der Waals surface area contributed by atoms with Crippen molar-refractivity contribution < 1.29 is 23.7 Å². The van der Waals surface area contributed by atoms with Crippen molar-refractivity contribution in [3.63, 3.8) is 0 Å². The van der Waals surface area contributed by atoms with Crippen LogP contribution < -0.4 is 19.5 Å². The maximum atomic E-state index is 13.0. The maximum Gasteiger partial charge on any atom is 0.231 e. The predicted octanol–water partition coefficient (Wildman–Crippen LogP) is 2.08. The molecule has 1 heterocycles. The molecule has 2 aromatic carbocycles. The largest absolute Gasteiger partial charge is 0.491 e. The molecule has 1 unspecified atom stereocenters. The van der Waals surface area contributed by atoms with Gasteiger partial charge in [0, 0.05) is 19.2 Å². The molecule has 0 saturated heterocycles. The lowest BCUT2D eigenvalue weighted by Crippen LogP contribution is -2.31. The number of hydrogen-bond donors (Lipinski definition) is 2. The molecule has 0 saturated carbocycles. The van der Waals surface area contributed by atoms with Crippen LogP contribution in [0.5, 0.6) is 17.2 Å². The zero-order valence-corrected chi connectivity index (χ0v) is 12.5. The molecular weight excluding hydrogens is 301 g/mol. The van der Waals surface area contributed by atoms with Crippen LogP contribution in [0.4, 0.5) is 4.39 Å². The van der Waals surface area contributed by atoms with Crippen molar-refractivity contribution in [2.24, 2.45) is 0 Å². The van der Waals surface area contributed by atoms with Gasteiger partial charge in [-0.25, -0.2) is 4.39 Å². The van der Waals surface area contributed by atoms with E-state index in [1.54, 1.807) is 24.3 Å². The van der Waals surface area contributed by atoms with E-state index in [1.165, 1.54) is 12.1 Å². The maximum absolute atomic E-state index is 13.0. The van der Waals surface area contributed by atoms with Crippen LogP contribution >= 0.6 is 0 Å². The average molecular weight is 319 g/mol. The first-order chi connectivity index (χ1) is 11.2. The van der Waals surface area contributed by atoms with Crippen molar-refractivity contribution in [1.29, 1.82) is 0 Å². The molecule has 5 nitrogen and oxygen atoms in total. The minimum Gasteiger partial charge on any atom is -0.491 e. The molecule has 0 fully saturated rings. The fourth-order valence-corrected chi connectivity index (χ4v) is 2.25. The fraction of sp³-hybridized carbons (Fsp3) is 0.294. The Bertz CT molecular complexity index is 665. The highest BCUT2D eigenvalue weighted by Crippen LogP contribution is 2.35. The van der Waals surface area contributed by atoms with Gasteiger partial charge in [-0.05, 0) is 29.8 Å². The highest BCUT2D eigenvalue weighted by atomic mass is 19.1. The van der Waals surface area contributed by atoms with Gasteiger partial charge in [0.05, 0.1) is 0 Å². The molecule has 0 aromatic heterocycles. The van der Waals surface area contributed by atoms with Gasteiger partial charge in [0.15, 0.2) is 11.5 Å². The molecule has 0 bridgehead atoms. The standard InChI is InChI=1S/C17H18FNO4/c18-13-3-1-2-12(6-13)8-19-9-14(20)10-21-15-4-5-16-17(7-15)23-11-22-16/h1-7,14,19-20H,8-11H2. The van der Waals surface area contributed by atoms with E-state index < -0.39 is 6.10 Å². The van der Waals surface area contributed by atoms with E-state index in [4.69, 9.17) is 14.2 Å². The van der Waals surface area contributed by atoms with Crippen molar-refractivity contribution in [2.75, 3.05) is 19.9 Å². The van der Waals surface area contributed by atoms with E-state index in [2.05, 4.69) is 5.32 Å². The molecule has 3 rings (SSSR count). The molecule has 0 radical (unpaired) electrons. The Morgan fingerprint density at radius 3 is 2.91 bits per heavy atom. The highest BCUT2D eigenvalue weighted by molar-refractivity contribution is 5.46. The van der Waals surface area contributed by atoms with Gasteiger partial charge in [-0.3, -0.25) is 0 Å². The Morgan fingerprint density at radius 2 is 2.04 bits per heavy atom. The molecule has 0 spiro atoms. The number of ether oxygens (including phenoxy) is 3. The van der Waals surface area contributed by atoms with Gasteiger partial charge in [-0.1, -0.05) is 12.1 Å². The summed E-state index contributed by atoms with van der Waals surface area (Å²) in [6.07, 6.45) is -0.672. The van der Waals surface area contributed by atoms with Crippen LogP contribution in [0.15, 0.2) is 42.5 Å². The van der Waals surface area contributed by atoms with Gasteiger partial charge in [-0.15, -0.1) is 0 Å². The molecule has 1 aliphatic heterocycles. The topological polar surface area (TPSA) is 60.0 Å². The Hall–Kier alpha value is -2.31. The van der Waals surface area contributed by atoms with Gasteiger partial charge in [0.1, 0.15) is 24.3 Å². The first-order valence-electron chi connectivity index (χ1n) is 7.36. The first-order valence-corrected chi connectivity index (χ1v) is 7.36. The second-order valence-electron chi connectivity index (χ2n) is 5.24. The van der Waals surface area contributed by atoms with Crippen LogP contribution in [-0.4, -0.2) is 31.2 Å². The first kappa shape index (κ1) is 15.6. The van der Waals surface area contributed by atoms with E-state index in [-0.39, 0.29) is 19.2 Å². The summed E-state index contributed by atoms with van der Waals surface area (Å²) in [7, 11) is 0. The quantitative estimate of drug-likeness (QED) is 0.818. The van der Waals surface area contributed by atoms with Gasteiger partial charge < -0.3 is 24.6 Å². The number of fused-ring (bicyclic) bond motifs is 1. The molecule has 0 aliphatic carbocycles. The third-order valence-corrected chi connectivity index (χ3v) is 3.38. The van der Waals surface area contributed by atoms with Crippen molar-refractivity contribution in [1.82, 2.24) is 5.32 Å². The van der Waals surface area contributed by atoms with E-state index in [0.29, 0.717) is 30.3 Å². The summed E-state index contributed by atoms with van der Waals surface area (Å²) in [4.78, 5) is 0. The lowest BCUT2D eigenvalue weighted by Gasteiger charge is -2.13. The smallest absolute Gasteiger partial charge is 0.231 e. The highest BCUT2D eigenvalue weighted by Gasteiger charge is 2.14. The second kappa shape index (κ2) is 7.30. The number of hydrogen-bond acceptors (Lipinski definition) is 5. The predicted molar refractivity (Wildman–Crippen MR) is 82.2 cm³/mol. The molecule has 2 N–H and O–H groups in total. The Kier molecular flexibility index (Phi) is 4.95. The summed E-state index contributed by atoms with van der Waals surface area (Å²) in [5.74, 6) is 1.67. The van der Waals surface area contributed by atoms with E-state index in [1.807, 2.05) is 6.07 Å². The third-order valence-electron chi connectivity index (χ3n) is 3.38. The van der Waals surface area contributed by atoms with Crippen LogP contribution in [0.2, 0.25) is 0 Å². The van der Waals surface area contributed by atoms with Crippen molar-refractivity contribution in [3.8, 4) is 17.2 Å². The average Bonchev–Trinajstić information content (AvgIpc) is 3.00. The normalized spacial score (nSPS) is 13.8. The van der Waals surface area contributed by atoms with E-state index >= 15 is 0 Å². The molecule has 1 atom stereocenters. The number of aliphatic hydroxyl groups excluding tert-OH is 1. The fourth-order valence-electron chi connectivity index (χ4n) is 2.25. The Balaban J connectivity index is 1.40. The summed E-state index contributed by atoms with van der Waals surface area (Å²) < 4.78 is 29.0. The van der Waals surface area contributed by atoms with Crippen LogP contribution in [0.3, 0.4) is 0 Å². The summed E-state index contributed by atoms with van der Waals surface area (Å²) in [6.45, 7) is 1.20. The van der Waals surface area contributed by atoms with Gasteiger partial charge in [-0.2, -0.15) is 0 Å². The summed E-state index contributed by atoms with van der Waals surface area (Å²) in [5, 5.41) is 13.0. The summed E-state index contributed by atoms with van der Waals surface area (Å²) in [6, 6.07) is 11.6. The SMILES string of the molecule is OC(CNCc1cccc(F)c1)COc1ccc2c(c1)OCO2. The number of rotatable bonds is 7. The molecule has 0 amide bonds. The van der Waals surface area contributed by atoms with Crippen molar-refractivity contribution >= 4 is 0 Å². The van der Waals surface area contributed by atoms with Gasteiger partial charge in [0.25, 0.3) is 0 Å². The number of aliphatic hydroxyl groups is 1. The molecule has 23 heavy (non-hydrogen) atoms. The minimum atomic E-state index is -0.672. The van der Waals surface area contributed by atoms with Crippen LogP contribution in [-0.2, 0) is 6.54 Å². The van der Waals surface area contributed by atoms with E-state index in [9.17, 15) is 9.50 Å². The minimum absolute atomic E-state index is 0.149. The van der Waals surface area contributed by atoms with Crippen LogP contribution in [0.25, 0.3) is 0 Å². The number of benzene rings is 2. The summed E-state index contributed by atoms with van der Waals surface area (Å²) >= 11 is 0. The number of nitrogens with one attached hydrogen (secondary N) is 1. The second-order valence-corrected chi connectivity index (χ2v) is 5.24. The number of halogens is 1. The van der Waals surface area contributed by atoms with Gasteiger partial charge >= 0.3 is 0 Å². The van der Waals surface area contributed by atoms with Crippen LogP contribution in [0.1, 0.15) is 5.56 Å². The zero-order chi connectivity index (χ0) is 16.1. The van der Waals surface area contributed by atoms with Crippen LogP contribution in [0, 0.1) is 5.82 Å². The molecule has 2 aromatic rings. The molecule has 122 valence electrons. The van der Waals surface area contributed by atoms with E-state index in [0.717, 1.165) is 5.56 Å². The molecule has 6 heteroatoms. The Labute approximate surface area is 133 Å². The zero-order valence-electron chi connectivity index (χ0n) is 12.5. The molecule has 1 aliphatic rings. The third kappa shape index (κ3) is 4.34. The monoisotopic (exact) mass is 319 g/mol. The summed E-state index contributed by atoms with van der Waals surface area (Å²) in [5.41, 5.74) is 0.828. The Morgan fingerprint density at radius 1 is 1.17 bits per heavy atom.